The first kappa shape index (κ1) is 26.9. The number of pyridine rings is 1. The lowest BCUT2D eigenvalue weighted by molar-refractivity contribution is 0.306. The average Bonchev–Trinajstić information content (AvgIpc) is 2.81. The van der Waals surface area contributed by atoms with E-state index in [2.05, 4.69) is 31.1 Å². The van der Waals surface area contributed by atoms with Crippen LogP contribution in [0.3, 0.4) is 0 Å². The molecule has 2 atom stereocenters. The molecule has 0 aliphatic carbocycles. The van der Waals surface area contributed by atoms with Crippen LogP contribution in [0.25, 0.3) is 5.57 Å². The minimum Gasteiger partial charge on any atom is -0.485 e. The van der Waals surface area contributed by atoms with E-state index in [0.717, 1.165) is 25.7 Å². The van der Waals surface area contributed by atoms with Gasteiger partial charge in [0, 0.05) is 46.4 Å². The van der Waals surface area contributed by atoms with E-state index in [9.17, 15) is 4.39 Å². The molecule has 5 nitrogen and oxygen atoms in total. The van der Waals surface area contributed by atoms with Gasteiger partial charge in [-0.2, -0.15) is 0 Å². The standard InChI is InChI=1S/C25H33Cl2FN4O/c1-4-6-19(8-7-16(3)5-2)31-14-18(12-29)17-11-23(25(30)32-13-17)33-15-20-21(26)9-10-22(28)24(20)27/h9-14,16,19,29,31H,4-8,15H2,1-3H3,(H2,30,32)/b18-14+,29-12?. The van der Waals surface area contributed by atoms with Gasteiger partial charge in [0.15, 0.2) is 11.6 Å². The molecule has 33 heavy (non-hydrogen) atoms. The van der Waals surface area contributed by atoms with Gasteiger partial charge < -0.3 is 21.2 Å². The zero-order valence-electron chi connectivity index (χ0n) is 19.4. The Kier molecular flexibility index (Phi) is 10.9. The summed E-state index contributed by atoms with van der Waals surface area (Å²) >= 11 is 12.2. The molecule has 0 fully saturated rings. The van der Waals surface area contributed by atoms with Gasteiger partial charge in [-0.1, -0.05) is 56.8 Å². The van der Waals surface area contributed by atoms with Crippen LogP contribution in [-0.4, -0.2) is 17.2 Å². The molecule has 0 spiro atoms. The smallest absolute Gasteiger partial charge is 0.166 e. The van der Waals surface area contributed by atoms with Crippen LogP contribution >= 0.6 is 23.2 Å². The zero-order valence-corrected chi connectivity index (χ0v) is 20.9. The van der Waals surface area contributed by atoms with Gasteiger partial charge in [0.1, 0.15) is 12.4 Å². The van der Waals surface area contributed by atoms with Crippen LogP contribution in [0.4, 0.5) is 10.2 Å². The van der Waals surface area contributed by atoms with Crippen molar-refractivity contribution in [3.63, 3.8) is 0 Å². The molecule has 0 aliphatic rings. The molecule has 1 heterocycles. The first-order valence-corrected chi connectivity index (χ1v) is 12.0. The van der Waals surface area contributed by atoms with E-state index in [4.69, 9.17) is 39.1 Å². The molecule has 2 rings (SSSR count). The maximum absolute atomic E-state index is 13.8. The topological polar surface area (TPSA) is 84.0 Å². The number of aromatic nitrogens is 1. The van der Waals surface area contributed by atoms with E-state index in [-0.39, 0.29) is 17.4 Å². The third-order valence-electron chi connectivity index (χ3n) is 5.70. The summed E-state index contributed by atoms with van der Waals surface area (Å²) < 4.78 is 19.6. The van der Waals surface area contributed by atoms with E-state index < -0.39 is 5.82 Å². The summed E-state index contributed by atoms with van der Waals surface area (Å²) in [5.41, 5.74) is 7.63. The molecular weight excluding hydrogens is 462 g/mol. The fraction of sp³-hybridized carbons (Fsp3) is 0.440. The number of halogens is 3. The van der Waals surface area contributed by atoms with E-state index in [0.29, 0.717) is 39.4 Å². The Hall–Kier alpha value is -2.31. The summed E-state index contributed by atoms with van der Waals surface area (Å²) in [6.45, 7) is 6.59. The van der Waals surface area contributed by atoms with E-state index in [1.54, 1.807) is 12.3 Å². The molecule has 1 aromatic carbocycles. The van der Waals surface area contributed by atoms with Crippen LogP contribution in [0.5, 0.6) is 5.75 Å². The Balaban J connectivity index is 2.17. The Morgan fingerprint density at radius 2 is 2.03 bits per heavy atom. The second kappa shape index (κ2) is 13.4. The van der Waals surface area contributed by atoms with Gasteiger partial charge in [-0.3, -0.25) is 0 Å². The second-order valence-electron chi connectivity index (χ2n) is 8.20. The summed E-state index contributed by atoms with van der Waals surface area (Å²) in [6.07, 6.45) is 10.3. The molecule has 0 aliphatic heterocycles. The molecular formula is C25H33Cl2FN4O. The molecule has 0 amide bonds. The van der Waals surface area contributed by atoms with Crippen molar-refractivity contribution < 1.29 is 9.13 Å². The number of nitrogens with zero attached hydrogens (tertiary/aromatic N) is 1. The number of benzene rings is 1. The van der Waals surface area contributed by atoms with Crippen molar-refractivity contribution in [2.24, 2.45) is 5.92 Å². The van der Waals surface area contributed by atoms with Gasteiger partial charge in [-0.15, -0.1) is 0 Å². The molecule has 2 unspecified atom stereocenters. The van der Waals surface area contributed by atoms with Crippen molar-refractivity contribution >= 4 is 40.8 Å². The molecule has 0 bridgehead atoms. The summed E-state index contributed by atoms with van der Waals surface area (Å²) in [6, 6.07) is 4.67. The maximum atomic E-state index is 13.8. The minimum absolute atomic E-state index is 0.0686. The number of hydrogen-bond donors (Lipinski definition) is 3. The van der Waals surface area contributed by atoms with Crippen molar-refractivity contribution in [2.75, 3.05) is 5.73 Å². The average molecular weight is 495 g/mol. The van der Waals surface area contributed by atoms with Crippen molar-refractivity contribution in [3.8, 4) is 5.75 Å². The number of hydrogen-bond acceptors (Lipinski definition) is 5. The number of rotatable bonds is 13. The van der Waals surface area contributed by atoms with Crippen LogP contribution in [0.2, 0.25) is 10.0 Å². The predicted molar refractivity (Wildman–Crippen MR) is 137 cm³/mol. The summed E-state index contributed by atoms with van der Waals surface area (Å²) in [5.74, 6) is 0.601. The monoisotopic (exact) mass is 494 g/mol. The van der Waals surface area contributed by atoms with Crippen molar-refractivity contribution in [1.82, 2.24) is 10.3 Å². The van der Waals surface area contributed by atoms with Crippen LogP contribution in [0.1, 0.15) is 64.0 Å². The fourth-order valence-electron chi connectivity index (χ4n) is 3.35. The molecule has 0 radical (unpaired) electrons. The molecule has 0 saturated heterocycles. The highest BCUT2D eigenvalue weighted by Crippen LogP contribution is 2.30. The lowest BCUT2D eigenvalue weighted by Crippen LogP contribution is -2.25. The lowest BCUT2D eigenvalue weighted by atomic mass is 9.97. The van der Waals surface area contributed by atoms with Gasteiger partial charge in [0.2, 0.25) is 0 Å². The van der Waals surface area contributed by atoms with Crippen molar-refractivity contribution in [3.05, 3.63) is 57.6 Å². The van der Waals surface area contributed by atoms with Gasteiger partial charge in [-0.25, -0.2) is 9.37 Å². The number of nitrogens with one attached hydrogen (secondary N) is 2. The molecule has 1 aromatic heterocycles. The van der Waals surface area contributed by atoms with Crippen molar-refractivity contribution in [1.29, 1.82) is 5.41 Å². The number of nitrogens with two attached hydrogens (primary N) is 1. The summed E-state index contributed by atoms with van der Waals surface area (Å²) in [5, 5.41) is 11.6. The zero-order chi connectivity index (χ0) is 24.4. The molecule has 180 valence electrons. The Morgan fingerprint density at radius 1 is 1.27 bits per heavy atom. The summed E-state index contributed by atoms with van der Waals surface area (Å²) in [7, 11) is 0. The van der Waals surface area contributed by atoms with E-state index in [1.165, 1.54) is 24.8 Å². The Bertz CT molecular complexity index is 968. The molecule has 4 N–H and O–H groups in total. The number of allylic oxidation sites excluding steroid dienone is 1. The maximum Gasteiger partial charge on any atom is 0.166 e. The largest absolute Gasteiger partial charge is 0.485 e. The number of anilines is 1. The minimum atomic E-state index is -0.574. The first-order valence-electron chi connectivity index (χ1n) is 11.3. The van der Waals surface area contributed by atoms with Crippen LogP contribution in [0, 0.1) is 17.1 Å². The quantitative estimate of drug-likeness (QED) is 0.202. The third-order valence-corrected chi connectivity index (χ3v) is 6.46. The lowest BCUT2D eigenvalue weighted by Gasteiger charge is -2.19. The molecule has 2 aromatic rings. The van der Waals surface area contributed by atoms with Crippen LogP contribution < -0.4 is 15.8 Å². The normalized spacial score (nSPS) is 13.5. The fourth-order valence-corrected chi connectivity index (χ4v) is 3.82. The van der Waals surface area contributed by atoms with Crippen LogP contribution in [0.15, 0.2) is 30.6 Å². The first-order chi connectivity index (χ1) is 15.8. The Morgan fingerprint density at radius 3 is 2.70 bits per heavy atom. The second-order valence-corrected chi connectivity index (χ2v) is 8.99. The van der Waals surface area contributed by atoms with Gasteiger partial charge in [-0.05, 0) is 43.4 Å². The Labute approximate surface area is 206 Å². The van der Waals surface area contributed by atoms with Crippen molar-refractivity contribution in [2.45, 2.75) is 65.5 Å². The number of nitrogen functional groups attached to an aromatic ring is 1. The van der Waals surface area contributed by atoms with Gasteiger partial charge in [0.25, 0.3) is 0 Å². The SMILES string of the molecule is CCCC(CCC(C)CC)N/C=C(\C=N)c1cnc(N)c(OCc2c(Cl)ccc(F)c2Cl)c1. The number of ether oxygens (including phenoxy) is 1. The highest BCUT2D eigenvalue weighted by Gasteiger charge is 2.14. The van der Waals surface area contributed by atoms with Gasteiger partial charge >= 0.3 is 0 Å². The van der Waals surface area contributed by atoms with Gasteiger partial charge in [0.05, 0.1) is 5.02 Å². The molecule has 0 saturated carbocycles. The highest BCUT2D eigenvalue weighted by atomic mass is 35.5. The van der Waals surface area contributed by atoms with E-state index in [1.807, 2.05) is 6.20 Å². The predicted octanol–water partition coefficient (Wildman–Crippen LogP) is 7.26. The van der Waals surface area contributed by atoms with Crippen LogP contribution in [-0.2, 0) is 6.61 Å². The summed E-state index contributed by atoms with van der Waals surface area (Å²) in [4.78, 5) is 4.20. The molecule has 8 heteroatoms. The third kappa shape index (κ3) is 7.90. The van der Waals surface area contributed by atoms with E-state index >= 15 is 0 Å². The highest BCUT2D eigenvalue weighted by molar-refractivity contribution is 6.36.